The topological polar surface area (TPSA) is 43.8 Å². The molecule has 0 saturated heterocycles. The van der Waals surface area contributed by atoms with Crippen molar-refractivity contribution in [2.24, 2.45) is 0 Å². The fraction of sp³-hybridized carbons (Fsp3) is 0.308. The van der Waals surface area contributed by atoms with Crippen LogP contribution in [0.2, 0.25) is 5.02 Å². The molecule has 1 aromatic heterocycles. The Labute approximate surface area is 105 Å². The SMILES string of the molecule is Nc1cc(Cl)ccc1-n1cnc2c1CCCC2. The van der Waals surface area contributed by atoms with E-state index in [9.17, 15) is 0 Å². The molecule has 1 aliphatic carbocycles. The van der Waals surface area contributed by atoms with E-state index < -0.39 is 0 Å². The van der Waals surface area contributed by atoms with Gasteiger partial charge < -0.3 is 10.3 Å². The van der Waals surface area contributed by atoms with Crippen molar-refractivity contribution in [3.8, 4) is 5.69 Å². The van der Waals surface area contributed by atoms with Crippen LogP contribution in [0.3, 0.4) is 0 Å². The lowest BCUT2D eigenvalue weighted by molar-refractivity contribution is 0.656. The minimum Gasteiger partial charge on any atom is -0.397 e. The molecule has 4 heteroatoms. The second kappa shape index (κ2) is 4.08. The molecular weight excluding hydrogens is 234 g/mol. The second-order valence-corrected chi connectivity index (χ2v) is 4.85. The van der Waals surface area contributed by atoms with Crippen molar-refractivity contribution >= 4 is 17.3 Å². The maximum absolute atomic E-state index is 6.01. The summed E-state index contributed by atoms with van der Waals surface area (Å²) in [7, 11) is 0. The van der Waals surface area contributed by atoms with Gasteiger partial charge in [0.2, 0.25) is 0 Å². The number of benzene rings is 1. The van der Waals surface area contributed by atoms with Gasteiger partial charge in [-0.1, -0.05) is 11.6 Å². The maximum atomic E-state index is 6.01. The Morgan fingerprint density at radius 1 is 1.24 bits per heavy atom. The first-order chi connectivity index (χ1) is 8.25. The third-order valence-electron chi connectivity index (χ3n) is 3.28. The molecule has 3 rings (SSSR count). The van der Waals surface area contributed by atoms with E-state index in [4.69, 9.17) is 17.3 Å². The summed E-state index contributed by atoms with van der Waals surface area (Å²) in [6.45, 7) is 0. The van der Waals surface area contributed by atoms with Crippen LogP contribution in [-0.4, -0.2) is 9.55 Å². The Kier molecular flexibility index (Phi) is 2.56. The molecule has 17 heavy (non-hydrogen) atoms. The molecule has 1 aliphatic rings. The summed E-state index contributed by atoms with van der Waals surface area (Å²) < 4.78 is 2.10. The summed E-state index contributed by atoms with van der Waals surface area (Å²) in [5.74, 6) is 0. The summed E-state index contributed by atoms with van der Waals surface area (Å²) in [5, 5.41) is 0.667. The van der Waals surface area contributed by atoms with E-state index in [1.165, 1.54) is 24.2 Å². The van der Waals surface area contributed by atoms with Crippen LogP contribution < -0.4 is 5.73 Å². The Bertz CT molecular complexity index is 560. The van der Waals surface area contributed by atoms with Crippen molar-refractivity contribution in [2.75, 3.05) is 5.73 Å². The molecule has 0 amide bonds. The van der Waals surface area contributed by atoms with Gasteiger partial charge in [0.05, 0.1) is 23.4 Å². The average molecular weight is 248 g/mol. The number of hydrogen-bond donors (Lipinski definition) is 1. The molecule has 0 spiro atoms. The predicted octanol–water partition coefficient (Wildman–Crippen LogP) is 2.99. The molecule has 0 unspecified atom stereocenters. The highest BCUT2D eigenvalue weighted by atomic mass is 35.5. The number of halogens is 1. The van der Waals surface area contributed by atoms with Gasteiger partial charge in [0.15, 0.2) is 0 Å². The van der Waals surface area contributed by atoms with Gasteiger partial charge in [-0.2, -0.15) is 0 Å². The first-order valence-electron chi connectivity index (χ1n) is 5.86. The highest BCUT2D eigenvalue weighted by Crippen LogP contribution is 2.27. The quantitative estimate of drug-likeness (QED) is 0.788. The number of nitrogens with two attached hydrogens (primary N) is 1. The van der Waals surface area contributed by atoms with Crippen LogP contribution in [-0.2, 0) is 12.8 Å². The second-order valence-electron chi connectivity index (χ2n) is 4.42. The number of imidazole rings is 1. The first-order valence-corrected chi connectivity index (χ1v) is 6.24. The van der Waals surface area contributed by atoms with Gasteiger partial charge in [0, 0.05) is 10.7 Å². The van der Waals surface area contributed by atoms with Crippen molar-refractivity contribution in [1.82, 2.24) is 9.55 Å². The zero-order chi connectivity index (χ0) is 11.8. The van der Waals surface area contributed by atoms with Crippen LogP contribution in [0.25, 0.3) is 5.69 Å². The third kappa shape index (κ3) is 1.80. The van der Waals surface area contributed by atoms with E-state index in [0.29, 0.717) is 10.7 Å². The van der Waals surface area contributed by atoms with Gasteiger partial charge in [0.25, 0.3) is 0 Å². The molecule has 0 aliphatic heterocycles. The zero-order valence-electron chi connectivity index (χ0n) is 9.49. The minimum atomic E-state index is 0.667. The summed E-state index contributed by atoms with van der Waals surface area (Å²) in [6.07, 6.45) is 6.50. The smallest absolute Gasteiger partial charge is 0.0998 e. The molecule has 2 aromatic rings. The fourth-order valence-corrected chi connectivity index (χ4v) is 2.60. The summed E-state index contributed by atoms with van der Waals surface area (Å²) >= 11 is 5.92. The van der Waals surface area contributed by atoms with Gasteiger partial charge >= 0.3 is 0 Å². The lowest BCUT2D eigenvalue weighted by Crippen LogP contribution is -2.08. The van der Waals surface area contributed by atoms with Gasteiger partial charge in [-0.05, 0) is 43.9 Å². The number of nitrogen functional groups attached to an aromatic ring is 1. The largest absolute Gasteiger partial charge is 0.397 e. The summed E-state index contributed by atoms with van der Waals surface area (Å²) in [5.41, 5.74) is 10.2. The summed E-state index contributed by atoms with van der Waals surface area (Å²) in [6, 6.07) is 5.60. The first kappa shape index (κ1) is 10.7. The lowest BCUT2D eigenvalue weighted by atomic mass is 10.0. The number of hydrogen-bond acceptors (Lipinski definition) is 2. The van der Waals surface area contributed by atoms with Crippen molar-refractivity contribution in [3.63, 3.8) is 0 Å². The number of aromatic nitrogens is 2. The van der Waals surface area contributed by atoms with E-state index in [-0.39, 0.29) is 0 Å². The number of rotatable bonds is 1. The van der Waals surface area contributed by atoms with E-state index in [0.717, 1.165) is 18.5 Å². The molecule has 0 radical (unpaired) electrons. The number of aryl methyl sites for hydroxylation is 1. The van der Waals surface area contributed by atoms with E-state index in [2.05, 4.69) is 9.55 Å². The number of nitrogens with zero attached hydrogens (tertiary/aromatic N) is 2. The van der Waals surface area contributed by atoms with Gasteiger partial charge in [-0.3, -0.25) is 0 Å². The van der Waals surface area contributed by atoms with Crippen LogP contribution in [0.4, 0.5) is 5.69 Å². The molecule has 1 heterocycles. The Hall–Kier alpha value is -1.48. The van der Waals surface area contributed by atoms with Crippen LogP contribution in [0.1, 0.15) is 24.2 Å². The molecule has 0 atom stereocenters. The predicted molar refractivity (Wildman–Crippen MR) is 69.6 cm³/mol. The standard InChI is InChI=1S/C13H14ClN3/c14-9-5-6-12(10(15)7-9)17-8-16-11-3-1-2-4-13(11)17/h5-8H,1-4,15H2. The molecule has 0 saturated carbocycles. The van der Waals surface area contributed by atoms with Crippen molar-refractivity contribution < 1.29 is 0 Å². The highest BCUT2D eigenvalue weighted by Gasteiger charge is 2.16. The summed E-state index contributed by atoms with van der Waals surface area (Å²) in [4.78, 5) is 4.47. The molecule has 1 aromatic carbocycles. The van der Waals surface area contributed by atoms with E-state index in [1.807, 2.05) is 18.5 Å². The minimum absolute atomic E-state index is 0.667. The third-order valence-corrected chi connectivity index (χ3v) is 3.51. The van der Waals surface area contributed by atoms with Crippen LogP contribution in [0.5, 0.6) is 0 Å². The average Bonchev–Trinajstić information content (AvgIpc) is 2.73. The lowest BCUT2D eigenvalue weighted by Gasteiger charge is -2.15. The molecule has 88 valence electrons. The van der Waals surface area contributed by atoms with Gasteiger partial charge in [0.1, 0.15) is 0 Å². The fourth-order valence-electron chi connectivity index (χ4n) is 2.42. The Morgan fingerprint density at radius 2 is 2.06 bits per heavy atom. The highest BCUT2D eigenvalue weighted by molar-refractivity contribution is 6.30. The molecule has 0 fully saturated rings. The van der Waals surface area contributed by atoms with Crippen molar-refractivity contribution in [1.29, 1.82) is 0 Å². The molecule has 2 N–H and O–H groups in total. The number of anilines is 1. The van der Waals surface area contributed by atoms with Crippen LogP contribution in [0.15, 0.2) is 24.5 Å². The Balaban J connectivity index is 2.12. The van der Waals surface area contributed by atoms with E-state index >= 15 is 0 Å². The maximum Gasteiger partial charge on any atom is 0.0998 e. The van der Waals surface area contributed by atoms with Crippen molar-refractivity contribution in [3.05, 3.63) is 40.9 Å². The zero-order valence-corrected chi connectivity index (χ0v) is 10.2. The van der Waals surface area contributed by atoms with Crippen LogP contribution >= 0.6 is 11.6 Å². The van der Waals surface area contributed by atoms with Gasteiger partial charge in [-0.15, -0.1) is 0 Å². The number of fused-ring (bicyclic) bond motifs is 1. The monoisotopic (exact) mass is 247 g/mol. The van der Waals surface area contributed by atoms with Crippen LogP contribution in [0, 0.1) is 0 Å². The van der Waals surface area contributed by atoms with E-state index in [1.54, 1.807) is 6.07 Å². The van der Waals surface area contributed by atoms with Gasteiger partial charge in [-0.25, -0.2) is 4.98 Å². The normalized spacial score (nSPS) is 14.6. The van der Waals surface area contributed by atoms with Crippen molar-refractivity contribution in [2.45, 2.75) is 25.7 Å². The molecule has 0 bridgehead atoms. The molecular formula is C13H14ClN3. The molecule has 3 nitrogen and oxygen atoms in total. The Morgan fingerprint density at radius 3 is 2.88 bits per heavy atom.